The highest BCUT2D eigenvalue weighted by Gasteiger charge is 2.47. The average Bonchev–Trinajstić information content (AvgIpc) is 3.00. The molecule has 2 aromatic rings. The highest BCUT2D eigenvalue weighted by Crippen LogP contribution is 2.44. The molecule has 1 spiro atoms. The summed E-state index contributed by atoms with van der Waals surface area (Å²) in [6, 6.07) is 7.76. The number of nitrogens with one attached hydrogen (secondary N) is 1. The van der Waals surface area contributed by atoms with Crippen LogP contribution in [0.1, 0.15) is 40.2 Å². The number of aromatic nitrogens is 2. The predicted octanol–water partition coefficient (Wildman–Crippen LogP) is 2.69. The number of H-pyrrole nitrogens is 1. The lowest BCUT2D eigenvalue weighted by atomic mass is 9.84. The van der Waals surface area contributed by atoms with Crippen LogP contribution in [0.25, 0.3) is 0 Å². The number of carbonyl (C=O) groups excluding carboxylic acids is 1. The molecule has 1 saturated heterocycles. The number of nitrogens with zero attached hydrogens (tertiary/aromatic N) is 2. The maximum Gasteiger partial charge on any atom is 0.339 e. The maximum absolute atomic E-state index is 12.1. The van der Waals surface area contributed by atoms with E-state index in [1.165, 1.54) is 0 Å². The number of rotatable bonds is 1. The number of esters is 1. The molecule has 1 N–H and O–H groups in total. The molecule has 2 aliphatic rings. The van der Waals surface area contributed by atoms with Crippen molar-refractivity contribution in [3.05, 3.63) is 46.8 Å². The molecule has 5 heteroatoms. The van der Waals surface area contributed by atoms with Gasteiger partial charge in [-0.3, -0.25) is 0 Å². The smallest absolute Gasteiger partial charge is 0.339 e. The van der Waals surface area contributed by atoms with Crippen molar-refractivity contribution in [2.45, 2.75) is 32.3 Å². The van der Waals surface area contributed by atoms with Crippen LogP contribution in [0.4, 0.5) is 5.95 Å². The summed E-state index contributed by atoms with van der Waals surface area (Å²) in [5.41, 5.74) is 3.47. The summed E-state index contributed by atoms with van der Waals surface area (Å²) in [5, 5.41) is 0. The van der Waals surface area contributed by atoms with Crippen LogP contribution in [-0.4, -0.2) is 29.0 Å². The molecule has 0 saturated carbocycles. The lowest BCUT2D eigenvalue weighted by molar-refractivity contribution is -0.0211. The Labute approximate surface area is 129 Å². The number of hydrogen-bond donors (Lipinski definition) is 1. The number of aromatic amines is 1. The number of aryl methyl sites for hydroxylation is 2. The Bertz CT molecular complexity index is 723. The van der Waals surface area contributed by atoms with Gasteiger partial charge in [0.05, 0.1) is 11.3 Å². The van der Waals surface area contributed by atoms with Crippen molar-refractivity contribution >= 4 is 11.9 Å². The molecule has 0 atom stereocenters. The number of benzene rings is 1. The molecule has 5 nitrogen and oxygen atoms in total. The van der Waals surface area contributed by atoms with Crippen molar-refractivity contribution in [1.82, 2.24) is 9.97 Å². The van der Waals surface area contributed by atoms with Crippen molar-refractivity contribution < 1.29 is 9.53 Å². The largest absolute Gasteiger partial charge is 0.450 e. The minimum atomic E-state index is -0.444. The van der Waals surface area contributed by atoms with E-state index >= 15 is 0 Å². The summed E-state index contributed by atoms with van der Waals surface area (Å²) in [5.74, 6) is 0.733. The van der Waals surface area contributed by atoms with Crippen LogP contribution in [0, 0.1) is 13.8 Å². The first-order valence-electron chi connectivity index (χ1n) is 7.70. The van der Waals surface area contributed by atoms with E-state index in [1.54, 1.807) is 0 Å². The molecule has 4 rings (SSSR count). The van der Waals surface area contributed by atoms with Crippen LogP contribution in [0.2, 0.25) is 0 Å². The second-order valence-electron chi connectivity index (χ2n) is 6.19. The number of hydrogen-bond acceptors (Lipinski definition) is 4. The first-order chi connectivity index (χ1) is 10.6. The number of carbonyl (C=O) groups is 1. The van der Waals surface area contributed by atoms with Crippen molar-refractivity contribution in [1.29, 1.82) is 0 Å². The van der Waals surface area contributed by atoms with Crippen LogP contribution in [0.15, 0.2) is 24.3 Å². The van der Waals surface area contributed by atoms with Gasteiger partial charge in [0.1, 0.15) is 5.60 Å². The normalized spacial score (nSPS) is 19.4. The van der Waals surface area contributed by atoms with E-state index in [0.29, 0.717) is 0 Å². The molecule has 1 aromatic carbocycles. The fourth-order valence-corrected chi connectivity index (χ4v) is 3.48. The molecule has 1 fully saturated rings. The summed E-state index contributed by atoms with van der Waals surface area (Å²) in [6.07, 6.45) is 1.60. The Morgan fingerprint density at radius 2 is 1.95 bits per heavy atom. The van der Waals surface area contributed by atoms with Gasteiger partial charge in [-0.05, 0) is 19.9 Å². The zero-order valence-corrected chi connectivity index (χ0v) is 12.8. The topological polar surface area (TPSA) is 58.2 Å². The summed E-state index contributed by atoms with van der Waals surface area (Å²) in [4.78, 5) is 22.2. The van der Waals surface area contributed by atoms with Crippen LogP contribution in [-0.2, 0) is 10.3 Å². The van der Waals surface area contributed by atoms with Crippen molar-refractivity contribution in [2.75, 3.05) is 18.0 Å². The Hall–Kier alpha value is -2.30. The molecule has 0 aliphatic carbocycles. The third kappa shape index (κ3) is 1.85. The molecule has 1 aromatic heterocycles. The van der Waals surface area contributed by atoms with Crippen LogP contribution >= 0.6 is 0 Å². The van der Waals surface area contributed by atoms with Gasteiger partial charge in [-0.15, -0.1) is 0 Å². The molecule has 0 bridgehead atoms. The summed E-state index contributed by atoms with van der Waals surface area (Å²) in [6.45, 7) is 5.70. The van der Waals surface area contributed by atoms with Crippen LogP contribution in [0.5, 0.6) is 0 Å². The molecular weight excluding hydrogens is 278 g/mol. The quantitative estimate of drug-likeness (QED) is 0.822. The van der Waals surface area contributed by atoms with E-state index in [1.807, 2.05) is 38.1 Å². The Balaban J connectivity index is 1.59. The van der Waals surface area contributed by atoms with Gasteiger partial charge in [0.2, 0.25) is 5.95 Å². The first kappa shape index (κ1) is 13.4. The van der Waals surface area contributed by atoms with Crippen molar-refractivity contribution in [2.24, 2.45) is 0 Å². The van der Waals surface area contributed by atoms with Crippen molar-refractivity contribution in [3.63, 3.8) is 0 Å². The molecule has 0 unspecified atom stereocenters. The average molecular weight is 297 g/mol. The maximum atomic E-state index is 12.1. The third-order valence-corrected chi connectivity index (χ3v) is 4.91. The van der Waals surface area contributed by atoms with E-state index in [4.69, 9.17) is 4.74 Å². The van der Waals surface area contributed by atoms with E-state index in [0.717, 1.165) is 54.4 Å². The van der Waals surface area contributed by atoms with Gasteiger partial charge in [-0.2, -0.15) is 0 Å². The molecule has 0 amide bonds. The molecular formula is C17H19N3O2. The lowest BCUT2D eigenvalue weighted by Gasteiger charge is -2.38. The number of ether oxygens (including phenoxy) is 1. The third-order valence-electron chi connectivity index (χ3n) is 4.91. The van der Waals surface area contributed by atoms with Gasteiger partial charge >= 0.3 is 5.97 Å². The van der Waals surface area contributed by atoms with Gasteiger partial charge in [0.25, 0.3) is 0 Å². The van der Waals surface area contributed by atoms with E-state index in [9.17, 15) is 4.79 Å². The Morgan fingerprint density at radius 3 is 2.64 bits per heavy atom. The summed E-state index contributed by atoms with van der Waals surface area (Å²) in [7, 11) is 0. The number of piperidine rings is 1. The predicted molar refractivity (Wildman–Crippen MR) is 83.0 cm³/mol. The summed E-state index contributed by atoms with van der Waals surface area (Å²) < 4.78 is 5.78. The second kappa shape index (κ2) is 4.60. The van der Waals surface area contributed by atoms with Gasteiger partial charge in [0, 0.05) is 37.2 Å². The standard InChI is InChI=1S/C17H19N3O2/c1-11-12(2)19-16(18-11)20-9-7-17(8-10-20)14-6-4-3-5-13(14)15(21)22-17/h3-6H,7-10H2,1-2H3,(H,18,19). The minimum Gasteiger partial charge on any atom is -0.450 e. The zero-order valence-electron chi connectivity index (χ0n) is 12.8. The van der Waals surface area contributed by atoms with Crippen molar-refractivity contribution in [3.8, 4) is 0 Å². The van der Waals surface area contributed by atoms with Crippen LogP contribution < -0.4 is 4.90 Å². The second-order valence-corrected chi connectivity index (χ2v) is 6.19. The van der Waals surface area contributed by atoms with E-state index in [2.05, 4.69) is 14.9 Å². The molecule has 2 aliphatic heterocycles. The van der Waals surface area contributed by atoms with Crippen LogP contribution in [0.3, 0.4) is 0 Å². The Kier molecular flexibility index (Phi) is 2.79. The molecule has 3 heterocycles. The van der Waals surface area contributed by atoms with Gasteiger partial charge < -0.3 is 14.6 Å². The first-order valence-corrected chi connectivity index (χ1v) is 7.70. The number of anilines is 1. The van der Waals surface area contributed by atoms with Gasteiger partial charge in [0.15, 0.2) is 0 Å². The number of fused-ring (bicyclic) bond motifs is 2. The zero-order chi connectivity index (χ0) is 15.3. The monoisotopic (exact) mass is 297 g/mol. The van der Waals surface area contributed by atoms with Gasteiger partial charge in [-0.25, -0.2) is 9.78 Å². The highest BCUT2D eigenvalue weighted by atomic mass is 16.6. The van der Waals surface area contributed by atoms with E-state index in [-0.39, 0.29) is 5.97 Å². The molecule has 0 radical (unpaired) electrons. The fourth-order valence-electron chi connectivity index (χ4n) is 3.48. The Morgan fingerprint density at radius 1 is 1.23 bits per heavy atom. The molecule has 114 valence electrons. The highest BCUT2D eigenvalue weighted by molar-refractivity contribution is 5.94. The minimum absolute atomic E-state index is 0.186. The van der Waals surface area contributed by atoms with E-state index < -0.39 is 5.60 Å². The molecule has 22 heavy (non-hydrogen) atoms. The lowest BCUT2D eigenvalue weighted by Crippen LogP contribution is -2.43. The van der Waals surface area contributed by atoms with Gasteiger partial charge in [-0.1, -0.05) is 18.2 Å². The summed E-state index contributed by atoms with van der Waals surface area (Å²) >= 11 is 0. The SMILES string of the molecule is Cc1nc(N2CCC3(CC2)OC(=O)c2ccccc23)[nH]c1C. The number of imidazole rings is 1. The fraction of sp³-hybridized carbons (Fsp3) is 0.412.